The summed E-state index contributed by atoms with van der Waals surface area (Å²) < 4.78 is 5.79. The van der Waals surface area contributed by atoms with Crippen LogP contribution >= 0.6 is 0 Å². The molecule has 2 rings (SSSR count). The van der Waals surface area contributed by atoms with Gasteiger partial charge in [0.15, 0.2) is 11.6 Å². The topological polar surface area (TPSA) is 46.2 Å². The number of rotatable bonds is 5. The van der Waals surface area contributed by atoms with Crippen molar-refractivity contribution in [3.8, 4) is 5.75 Å². The fourth-order valence-corrected chi connectivity index (χ4v) is 2.49. The zero-order valence-corrected chi connectivity index (χ0v) is 12.1. The average molecular weight is 263 g/mol. The second kappa shape index (κ2) is 6.75. The average Bonchev–Trinajstić information content (AvgIpc) is 2.41. The Bertz CT molecular complexity index is 389. The van der Waals surface area contributed by atoms with E-state index in [-0.39, 0.29) is 6.10 Å². The van der Waals surface area contributed by atoms with E-state index in [1.165, 1.54) is 12.8 Å². The van der Waals surface area contributed by atoms with Crippen LogP contribution in [-0.4, -0.2) is 30.2 Å². The molecule has 0 saturated carbocycles. The van der Waals surface area contributed by atoms with E-state index in [1.807, 2.05) is 26.0 Å². The number of anilines is 1. The van der Waals surface area contributed by atoms with Crippen LogP contribution in [0.5, 0.6) is 5.75 Å². The van der Waals surface area contributed by atoms with Crippen LogP contribution in [0.1, 0.15) is 33.6 Å². The first-order valence-electron chi connectivity index (χ1n) is 7.25. The first-order valence-corrected chi connectivity index (χ1v) is 7.25. The highest BCUT2D eigenvalue weighted by Gasteiger charge is 2.21. The van der Waals surface area contributed by atoms with E-state index in [9.17, 15) is 0 Å². The van der Waals surface area contributed by atoms with Crippen LogP contribution in [-0.2, 0) is 0 Å². The summed E-state index contributed by atoms with van der Waals surface area (Å²) in [4.78, 5) is 4.41. The largest absolute Gasteiger partial charge is 0.487 e. The summed E-state index contributed by atoms with van der Waals surface area (Å²) in [5.41, 5.74) is 0. The normalized spacial score (nSPS) is 21.2. The molecule has 0 radical (unpaired) electrons. The van der Waals surface area contributed by atoms with Gasteiger partial charge in [0.05, 0.1) is 6.10 Å². The predicted octanol–water partition coefficient (Wildman–Crippen LogP) is 2.67. The molecular formula is C15H25N3O. The molecule has 0 spiro atoms. The summed E-state index contributed by atoms with van der Waals surface area (Å²) in [6.07, 6.45) is 4.50. The first kappa shape index (κ1) is 14.1. The molecule has 1 fully saturated rings. The number of pyridine rings is 1. The lowest BCUT2D eigenvalue weighted by Crippen LogP contribution is -2.39. The fourth-order valence-electron chi connectivity index (χ4n) is 2.49. The molecule has 1 aliphatic rings. The molecule has 1 aliphatic heterocycles. The minimum atomic E-state index is 0.163. The van der Waals surface area contributed by atoms with Gasteiger partial charge in [-0.3, -0.25) is 0 Å². The van der Waals surface area contributed by atoms with Gasteiger partial charge in [0, 0.05) is 12.2 Å². The van der Waals surface area contributed by atoms with E-state index >= 15 is 0 Å². The SMILES string of the molecule is CC(C)Oc1cccnc1NC(C)C1CCCNC1. The lowest BCUT2D eigenvalue weighted by Gasteiger charge is -2.29. The van der Waals surface area contributed by atoms with Crippen molar-refractivity contribution < 1.29 is 4.74 Å². The number of hydrogen-bond acceptors (Lipinski definition) is 4. The molecule has 1 aromatic rings. The molecule has 1 saturated heterocycles. The van der Waals surface area contributed by atoms with Crippen LogP contribution < -0.4 is 15.4 Å². The molecule has 106 valence electrons. The second-order valence-corrected chi connectivity index (χ2v) is 5.56. The third kappa shape index (κ3) is 4.10. The molecule has 1 aromatic heterocycles. The quantitative estimate of drug-likeness (QED) is 0.857. The Morgan fingerprint density at radius 1 is 1.42 bits per heavy atom. The van der Waals surface area contributed by atoms with E-state index < -0.39 is 0 Å². The van der Waals surface area contributed by atoms with Crippen molar-refractivity contribution in [2.45, 2.75) is 45.8 Å². The third-order valence-electron chi connectivity index (χ3n) is 3.54. The van der Waals surface area contributed by atoms with Gasteiger partial charge in [0.1, 0.15) is 0 Å². The van der Waals surface area contributed by atoms with Crippen LogP contribution in [0.3, 0.4) is 0 Å². The number of nitrogens with zero attached hydrogens (tertiary/aromatic N) is 1. The lowest BCUT2D eigenvalue weighted by atomic mass is 9.93. The first-order chi connectivity index (χ1) is 9.16. The molecule has 2 unspecified atom stereocenters. The summed E-state index contributed by atoms with van der Waals surface area (Å²) >= 11 is 0. The van der Waals surface area contributed by atoms with E-state index in [1.54, 1.807) is 6.20 Å². The lowest BCUT2D eigenvalue weighted by molar-refractivity contribution is 0.242. The molecule has 0 aromatic carbocycles. The van der Waals surface area contributed by atoms with E-state index in [0.717, 1.165) is 24.7 Å². The number of hydrogen-bond donors (Lipinski definition) is 2. The maximum atomic E-state index is 5.79. The van der Waals surface area contributed by atoms with Crippen molar-refractivity contribution in [1.29, 1.82) is 0 Å². The molecule has 4 nitrogen and oxygen atoms in total. The van der Waals surface area contributed by atoms with Crippen LogP contribution in [0.25, 0.3) is 0 Å². The van der Waals surface area contributed by atoms with E-state index in [0.29, 0.717) is 12.0 Å². The standard InChI is InChI=1S/C15H25N3O/c1-11(2)19-14-7-5-9-17-15(14)18-12(3)13-6-4-8-16-10-13/h5,7,9,11-13,16H,4,6,8,10H2,1-3H3,(H,17,18). The van der Waals surface area contributed by atoms with Crippen LogP contribution in [0, 0.1) is 5.92 Å². The molecule has 4 heteroatoms. The van der Waals surface area contributed by atoms with Crippen LogP contribution in [0.15, 0.2) is 18.3 Å². The predicted molar refractivity (Wildman–Crippen MR) is 78.7 cm³/mol. The number of ether oxygens (including phenoxy) is 1. The monoisotopic (exact) mass is 263 g/mol. The zero-order valence-electron chi connectivity index (χ0n) is 12.1. The number of nitrogens with one attached hydrogen (secondary N) is 2. The molecular weight excluding hydrogens is 238 g/mol. The Kier molecular flexibility index (Phi) is 5.02. The van der Waals surface area contributed by atoms with Crippen molar-refractivity contribution in [3.05, 3.63) is 18.3 Å². The van der Waals surface area contributed by atoms with Crippen molar-refractivity contribution >= 4 is 5.82 Å². The summed E-state index contributed by atoms with van der Waals surface area (Å²) in [7, 11) is 0. The van der Waals surface area contributed by atoms with Gasteiger partial charge in [0.2, 0.25) is 0 Å². The Morgan fingerprint density at radius 3 is 2.95 bits per heavy atom. The van der Waals surface area contributed by atoms with Gasteiger partial charge < -0.3 is 15.4 Å². The van der Waals surface area contributed by atoms with Gasteiger partial charge in [0.25, 0.3) is 0 Å². The third-order valence-corrected chi connectivity index (χ3v) is 3.54. The van der Waals surface area contributed by atoms with Crippen molar-refractivity contribution in [3.63, 3.8) is 0 Å². The smallest absolute Gasteiger partial charge is 0.168 e. The van der Waals surface area contributed by atoms with Crippen molar-refractivity contribution in [1.82, 2.24) is 10.3 Å². The zero-order chi connectivity index (χ0) is 13.7. The Hall–Kier alpha value is -1.29. The molecule has 0 bridgehead atoms. The van der Waals surface area contributed by atoms with Crippen LogP contribution in [0.2, 0.25) is 0 Å². The maximum absolute atomic E-state index is 5.79. The number of piperidine rings is 1. The Morgan fingerprint density at radius 2 is 2.26 bits per heavy atom. The summed E-state index contributed by atoms with van der Waals surface area (Å²) in [5, 5.41) is 6.97. The van der Waals surface area contributed by atoms with Crippen molar-refractivity contribution in [2.75, 3.05) is 18.4 Å². The summed E-state index contributed by atoms with van der Waals surface area (Å²) in [6, 6.07) is 4.29. The minimum absolute atomic E-state index is 0.163. The summed E-state index contributed by atoms with van der Waals surface area (Å²) in [6.45, 7) is 8.53. The van der Waals surface area contributed by atoms with E-state index in [4.69, 9.17) is 4.74 Å². The molecule has 2 heterocycles. The molecule has 0 aliphatic carbocycles. The second-order valence-electron chi connectivity index (χ2n) is 5.56. The molecule has 2 atom stereocenters. The number of aromatic nitrogens is 1. The van der Waals surface area contributed by atoms with Gasteiger partial charge in [-0.2, -0.15) is 0 Å². The summed E-state index contributed by atoms with van der Waals surface area (Å²) in [5.74, 6) is 2.35. The molecule has 2 N–H and O–H groups in total. The van der Waals surface area contributed by atoms with Gasteiger partial charge in [-0.1, -0.05) is 0 Å². The van der Waals surface area contributed by atoms with Gasteiger partial charge in [-0.05, 0) is 64.8 Å². The highest BCUT2D eigenvalue weighted by atomic mass is 16.5. The highest BCUT2D eigenvalue weighted by Crippen LogP contribution is 2.25. The molecule has 0 amide bonds. The molecule has 19 heavy (non-hydrogen) atoms. The Labute approximate surface area is 116 Å². The van der Waals surface area contributed by atoms with Gasteiger partial charge in [-0.25, -0.2) is 4.98 Å². The fraction of sp³-hybridized carbons (Fsp3) is 0.667. The minimum Gasteiger partial charge on any atom is -0.487 e. The maximum Gasteiger partial charge on any atom is 0.168 e. The van der Waals surface area contributed by atoms with Crippen molar-refractivity contribution in [2.24, 2.45) is 5.92 Å². The highest BCUT2D eigenvalue weighted by molar-refractivity contribution is 5.50. The van der Waals surface area contributed by atoms with Crippen LogP contribution in [0.4, 0.5) is 5.82 Å². The Balaban J connectivity index is 2.01. The van der Waals surface area contributed by atoms with Gasteiger partial charge in [-0.15, -0.1) is 0 Å². The van der Waals surface area contributed by atoms with Gasteiger partial charge >= 0.3 is 0 Å². The van der Waals surface area contributed by atoms with E-state index in [2.05, 4.69) is 22.5 Å².